The lowest BCUT2D eigenvalue weighted by molar-refractivity contribution is -0.119. The van der Waals surface area contributed by atoms with Gasteiger partial charge in [0.05, 0.1) is 5.69 Å². The molecular formula is C35H42ClF2N7O4. The smallest absolute Gasteiger partial charge is 0.323 e. The molecule has 14 heteroatoms. The van der Waals surface area contributed by atoms with E-state index in [2.05, 4.69) is 37.8 Å². The molecule has 3 N–H and O–H groups in total. The third-order valence-electron chi connectivity index (χ3n) is 9.38. The van der Waals surface area contributed by atoms with Crippen LogP contribution in [0.25, 0.3) is 0 Å². The van der Waals surface area contributed by atoms with E-state index in [0.717, 1.165) is 39.0 Å². The molecule has 3 fully saturated rings. The quantitative estimate of drug-likeness (QED) is 0.240. The van der Waals surface area contributed by atoms with Gasteiger partial charge in [0, 0.05) is 82.2 Å². The summed E-state index contributed by atoms with van der Waals surface area (Å²) >= 11 is 0. The van der Waals surface area contributed by atoms with Crippen LogP contribution in [0.4, 0.5) is 30.8 Å². The topological polar surface area (TPSA) is 119 Å². The summed E-state index contributed by atoms with van der Waals surface area (Å²) in [6.45, 7) is 5.63. The van der Waals surface area contributed by atoms with Crippen molar-refractivity contribution in [2.24, 2.45) is 5.41 Å². The Morgan fingerprint density at radius 1 is 0.837 bits per heavy atom. The molecule has 0 spiro atoms. The molecule has 3 aromatic rings. The summed E-state index contributed by atoms with van der Waals surface area (Å²) < 4.78 is 34.0. The Morgan fingerprint density at radius 3 is 2.14 bits per heavy atom. The van der Waals surface area contributed by atoms with E-state index in [1.54, 1.807) is 17.0 Å². The number of piperidine rings is 1. The van der Waals surface area contributed by atoms with Crippen LogP contribution in [-0.4, -0.2) is 89.9 Å². The normalized spacial score (nSPS) is 17.8. The molecule has 0 unspecified atom stereocenters. The number of nitrogens with zero attached hydrogens (tertiary/aromatic N) is 4. The number of halogens is 3. The standard InChI is InChI=1S/C35H41F2N7O4.ClH/c1-42-16-18-43(19-17-42)26-9-14-44(15-10-26)34(47)41-31-21-28(8-13-38-31)48-27-6-7-30(29(37)20-27)40-33(46)23-35(11-12-35)22-32(45)39-25-4-2-24(36)3-5-25;/h2-8,13,20-21,26H,9-12,14-19,22-23H2,1H3,(H,39,45)(H,40,46)(H,38,41,47);1H. The molecule has 2 aromatic carbocycles. The van der Waals surface area contributed by atoms with Gasteiger partial charge in [-0.05, 0) is 80.6 Å². The number of carbonyl (C=O) groups is 3. The van der Waals surface area contributed by atoms with Crippen molar-refractivity contribution in [2.45, 2.75) is 44.6 Å². The highest BCUT2D eigenvalue weighted by atomic mass is 35.5. The summed E-state index contributed by atoms with van der Waals surface area (Å²) in [4.78, 5) is 49.2. The van der Waals surface area contributed by atoms with E-state index in [0.29, 0.717) is 49.2 Å². The maximum atomic E-state index is 15.0. The van der Waals surface area contributed by atoms with Gasteiger partial charge in [-0.3, -0.25) is 19.8 Å². The summed E-state index contributed by atoms with van der Waals surface area (Å²) in [7, 11) is 2.15. The predicted molar refractivity (Wildman–Crippen MR) is 185 cm³/mol. The number of rotatable bonds is 10. The Morgan fingerprint density at radius 2 is 1.49 bits per heavy atom. The fourth-order valence-corrected chi connectivity index (χ4v) is 6.36. The second kappa shape index (κ2) is 15.9. The summed E-state index contributed by atoms with van der Waals surface area (Å²) in [5, 5.41) is 8.17. The molecule has 1 saturated carbocycles. The first-order chi connectivity index (χ1) is 23.1. The zero-order valence-electron chi connectivity index (χ0n) is 27.4. The van der Waals surface area contributed by atoms with Crippen molar-refractivity contribution in [3.8, 4) is 11.5 Å². The largest absolute Gasteiger partial charge is 0.457 e. The fourth-order valence-electron chi connectivity index (χ4n) is 6.36. The Labute approximate surface area is 290 Å². The number of hydrogen-bond acceptors (Lipinski definition) is 7. The monoisotopic (exact) mass is 697 g/mol. The second-order valence-electron chi connectivity index (χ2n) is 13.1. The van der Waals surface area contributed by atoms with Gasteiger partial charge in [0.2, 0.25) is 11.8 Å². The number of piperazine rings is 1. The van der Waals surface area contributed by atoms with Gasteiger partial charge in [0.1, 0.15) is 29.0 Å². The van der Waals surface area contributed by atoms with E-state index >= 15 is 0 Å². The highest BCUT2D eigenvalue weighted by molar-refractivity contribution is 5.94. The SMILES string of the molecule is CN1CCN(C2CCN(C(=O)Nc3cc(Oc4ccc(NC(=O)CC5(CC(=O)Nc6ccc(F)cc6)CC5)c(F)c4)ccn3)CC2)CC1.Cl. The van der Waals surface area contributed by atoms with Gasteiger partial charge >= 0.3 is 6.03 Å². The Kier molecular flexibility index (Phi) is 11.7. The van der Waals surface area contributed by atoms with Gasteiger partial charge in [0.25, 0.3) is 0 Å². The molecule has 6 rings (SSSR count). The first-order valence-electron chi connectivity index (χ1n) is 16.4. The lowest BCUT2D eigenvalue weighted by Crippen LogP contribution is -2.53. The number of pyridine rings is 1. The number of aromatic nitrogens is 1. The van der Waals surface area contributed by atoms with Crippen molar-refractivity contribution < 1.29 is 27.9 Å². The number of nitrogens with one attached hydrogen (secondary N) is 3. The van der Waals surface area contributed by atoms with Crippen molar-refractivity contribution in [3.05, 3.63) is 72.4 Å². The summed E-state index contributed by atoms with van der Waals surface area (Å²) in [5.41, 5.74) is -0.00691. The van der Waals surface area contributed by atoms with E-state index in [4.69, 9.17) is 4.74 Å². The van der Waals surface area contributed by atoms with E-state index < -0.39 is 23.0 Å². The number of carbonyl (C=O) groups excluding carboxylic acids is 3. The molecule has 3 aliphatic rings. The van der Waals surface area contributed by atoms with E-state index in [-0.39, 0.29) is 48.6 Å². The minimum absolute atomic E-state index is 0. The molecule has 2 aliphatic heterocycles. The summed E-state index contributed by atoms with van der Waals surface area (Å²) in [6, 6.07) is 13.0. The molecule has 4 amide bonds. The average molecular weight is 698 g/mol. The summed E-state index contributed by atoms with van der Waals surface area (Å²) in [5.74, 6) is -0.848. The van der Waals surface area contributed by atoms with Crippen molar-refractivity contribution in [2.75, 3.05) is 62.3 Å². The third-order valence-corrected chi connectivity index (χ3v) is 9.38. The lowest BCUT2D eigenvalue weighted by atomic mass is 9.97. The first kappa shape index (κ1) is 36.0. The average Bonchev–Trinajstić information content (AvgIpc) is 3.82. The molecule has 1 aliphatic carbocycles. The summed E-state index contributed by atoms with van der Waals surface area (Å²) in [6.07, 6.45) is 4.99. The lowest BCUT2D eigenvalue weighted by Gasteiger charge is -2.42. The Balaban J connectivity index is 0.00000468. The number of benzene rings is 2. The molecule has 49 heavy (non-hydrogen) atoms. The molecular weight excluding hydrogens is 656 g/mol. The molecule has 3 heterocycles. The van der Waals surface area contributed by atoms with Crippen LogP contribution in [0, 0.1) is 17.0 Å². The van der Waals surface area contributed by atoms with Gasteiger partial charge in [-0.15, -0.1) is 12.4 Å². The predicted octanol–water partition coefficient (Wildman–Crippen LogP) is 5.96. The van der Waals surface area contributed by atoms with Crippen LogP contribution >= 0.6 is 12.4 Å². The molecule has 262 valence electrons. The zero-order valence-corrected chi connectivity index (χ0v) is 28.2. The van der Waals surface area contributed by atoms with Crippen LogP contribution in [0.2, 0.25) is 0 Å². The highest BCUT2D eigenvalue weighted by Gasteiger charge is 2.46. The van der Waals surface area contributed by atoms with Gasteiger partial charge in [-0.1, -0.05) is 0 Å². The van der Waals surface area contributed by atoms with Gasteiger partial charge < -0.3 is 25.2 Å². The number of likely N-dealkylation sites (tertiary alicyclic amines) is 1. The first-order valence-corrected chi connectivity index (χ1v) is 16.4. The minimum Gasteiger partial charge on any atom is -0.457 e. The van der Waals surface area contributed by atoms with Crippen LogP contribution in [0.5, 0.6) is 11.5 Å². The Hall–Kier alpha value is -4.33. The number of urea groups is 1. The van der Waals surface area contributed by atoms with E-state index in [1.165, 1.54) is 48.7 Å². The van der Waals surface area contributed by atoms with Crippen molar-refractivity contribution >= 4 is 47.4 Å². The van der Waals surface area contributed by atoms with Crippen molar-refractivity contribution in [1.82, 2.24) is 19.7 Å². The van der Waals surface area contributed by atoms with Crippen LogP contribution < -0.4 is 20.7 Å². The van der Waals surface area contributed by atoms with Gasteiger partial charge in [0.15, 0.2) is 0 Å². The van der Waals surface area contributed by atoms with E-state index in [1.807, 2.05) is 0 Å². The second-order valence-corrected chi connectivity index (χ2v) is 13.1. The Bertz CT molecular complexity index is 1630. The zero-order chi connectivity index (χ0) is 33.7. The molecule has 0 atom stereocenters. The maximum Gasteiger partial charge on any atom is 0.323 e. The number of hydrogen-bond donors (Lipinski definition) is 3. The van der Waals surface area contributed by atoms with Crippen molar-refractivity contribution in [3.63, 3.8) is 0 Å². The van der Waals surface area contributed by atoms with Gasteiger partial charge in [-0.25, -0.2) is 18.6 Å². The van der Waals surface area contributed by atoms with Crippen LogP contribution in [0.1, 0.15) is 38.5 Å². The third kappa shape index (κ3) is 9.87. The molecule has 1 aromatic heterocycles. The number of amides is 4. The highest BCUT2D eigenvalue weighted by Crippen LogP contribution is 2.52. The number of likely N-dealkylation sites (N-methyl/N-ethyl adjacent to an activating group) is 1. The molecule has 2 saturated heterocycles. The van der Waals surface area contributed by atoms with Crippen LogP contribution in [-0.2, 0) is 9.59 Å². The molecule has 11 nitrogen and oxygen atoms in total. The van der Waals surface area contributed by atoms with Crippen LogP contribution in [0.3, 0.4) is 0 Å². The minimum atomic E-state index is -0.678. The van der Waals surface area contributed by atoms with Gasteiger partial charge in [-0.2, -0.15) is 0 Å². The van der Waals surface area contributed by atoms with E-state index in [9.17, 15) is 23.2 Å². The number of anilines is 3. The molecule has 0 bridgehead atoms. The van der Waals surface area contributed by atoms with Crippen LogP contribution in [0.15, 0.2) is 60.8 Å². The maximum absolute atomic E-state index is 15.0. The molecule has 0 radical (unpaired) electrons. The van der Waals surface area contributed by atoms with Crippen molar-refractivity contribution in [1.29, 1.82) is 0 Å². The fraction of sp³-hybridized carbons (Fsp3) is 0.429. The number of ether oxygens (including phenoxy) is 1.